The van der Waals surface area contributed by atoms with Gasteiger partial charge in [0.1, 0.15) is 0 Å². The van der Waals surface area contributed by atoms with Gasteiger partial charge in [0.05, 0.1) is 5.92 Å². The molecule has 0 bridgehead atoms. The Morgan fingerprint density at radius 3 is 2.43 bits per heavy atom. The van der Waals surface area contributed by atoms with Gasteiger partial charge in [0.2, 0.25) is 5.91 Å². The van der Waals surface area contributed by atoms with Gasteiger partial charge in [0.25, 0.3) is 0 Å². The van der Waals surface area contributed by atoms with Gasteiger partial charge in [-0.1, -0.05) is 0 Å². The second kappa shape index (κ2) is 6.70. The first-order valence-electron chi connectivity index (χ1n) is 7.44. The van der Waals surface area contributed by atoms with Crippen LogP contribution in [0, 0.1) is 18.3 Å². The van der Waals surface area contributed by atoms with E-state index in [-0.39, 0.29) is 17.9 Å². The Morgan fingerprint density at radius 1 is 1.24 bits per heavy atom. The van der Waals surface area contributed by atoms with Crippen molar-refractivity contribution in [3.63, 3.8) is 0 Å². The van der Waals surface area contributed by atoms with E-state index in [1.807, 2.05) is 0 Å². The van der Waals surface area contributed by atoms with E-state index in [9.17, 15) is 9.59 Å². The van der Waals surface area contributed by atoms with Gasteiger partial charge >= 0.3 is 5.97 Å². The molecular formula is C15H21N3O3. The summed E-state index contributed by atoms with van der Waals surface area (Å²) in [6, 6.07) is 0.0999. The summed E-state index contributed by atoms with van der Waals surface area (Å²) in [4.78, 5) is 22.8. The summed E-state index contributed by atoms with van der Waals surface area (Å²) < 4.78 is 0. The van der Waals surface area contributed by atoms with Crippen molar-refractivity contribution in [1.82, 2.24) is 5.32 Å². The molecule has 1 amide bonds. The molecule has 0 aromatic carbocycles. The summed E-state index contributed by atoms with van der Waals surface area (Å²) in [7, 11) is 0. The van der Waals surface area contributed by atoms with Crippen molar-refractivity contribution in [2.24, 2.45) is 16.1 Å². The molecule has 114 valence electrons. The zero-order valence-electron chi connectivity index (χ0n) is 12.0. The Balaban J connectivity index is 1.64. The number of carbonyl (C=O) groups is 2. The maximum atomic E-state index is 11.9. The third-order valence-electron chi connectivity index (χ3n) is 4.25. The molecule has 2 rings (SSSR count). The first-order valence-corrected chi connectivity index (χ1v) is 7.44. The lowest BCUT2D eigenvalue weighted by atomic mass is 9.86. The number of carboxylic acid groups (broad SMARTS) is 1. The number of hydrogen-bond donors (Lipinski definition) is 2. The van der Waals surface area contributed by atoms with E-state index in [2.05, 4.69) is 21.5 Å². The average Bonchev–Trinajstić information content (AvgIpc) is 3.24. The molecule has 2 aliphatic rings. The second-order valence-corrected chi connectivity index (χ2v) is 5.84. The molecule has 0 aromatic heterocycles. The van der Waals surface area contributed by atoms with Gasteiger partial charge in [-0.15, -0.1) is 12.3 Å². The Bertz CT molecular complexity index is 467. The highest BCUT2D eigenvalue weighted by Gasteiger charge is 2.39. The predicted octanol–water partition coefficient (Wildman–Crippen LogP) is 2.10. The largest absolute Gasteiger partial charge is 0.481 e. The number of aliphatic carboxylic acids is 1. The van der Waals surface area contributed by atoms with Crippen LogP contribution in [0.4, 0.5) is 0 Å². The van der Waals surface area contributed by atoms with Crippen LogP contribution < -0.4 is 5.32 Å². The van der Waals surface area contributed by atoms with Crippen molar-refractivity contribution in [3.8, 4) is 12.3 Å². The number of terminal acetylenes is 1. The Morgan fingerprint density at radius 2 is 1.90 bits per heavy atom. The highest BCUT2D eigenvalue weighted by atomic mass is 16.4. The summed E-state index contributed by atoms with van der Waals surface area (Å²) in [5.74, 6) is 1.57. The molecule has 2 N–H and O–H groups in total. The maximum absolute atomic E-state index is 11.9. The summed E-state index contributed by atoms with van der Waals surface area (Å²) in [6.45, 7) is 0. The Labute approximate surface area is 124 Å². The Hall–Kier alpha value is -1.90. The lowest BCUT2D eigenvalue weighted by molar-refractivity contribution is -0.142. The minimum atomic E-state index is -0.729. The minimum absolute atomic E-state index is 0.00819. The van der Waals surface area contributed by atoms with Crippen molar-refractivity contribution >= 4 is 11.9 Å². The van der Waals surface area contributed by atoms with E-state index in [1.165, 1.54) is 0 Å². The van der Waals surface area contributed by atoms with Crippen LogP contribution in [0.3, 0.4) is 0 Å². The standard InChI is InChI=1S/C15H21N3O3/c1-2-3-9-15(17-18-15)10-8-13(19)16-12-6-4-11(5-7-12)14(20)21/h1,11-12H,3-10H2,(H,16,19)(H,20,21). The zero-order valence-corrected chi connectivity index (χ0v) is 12.0. The van der Waals surface area contributed by atoms with Crippen LogP contribution in [-0.2, 0) is 9.59 Å². The van der Waals surface area contributed by atoms with Gasteiger partial charge < -0.3 is 10.4 Å². The highest BCUT2D eigenvalue weighted by molar-refractivity contribution is 5.76. The molecule has 0 unspecified atom stereocenters. The second-order valence-electron chi connectivity index (χ2n) is 5.84. The van der Waals surface area contributed by atoms with E-state index in [0.29, 0.717) is 38.5 Å². The minimum Gasteiger partial charge on any atom is -0.481 e. The van der Waals surface area contributed by atoms with Crippen LogP contribution in [0.25, 0.3) is 0 Å². The van der Waals surface area contributed by atoms with Crippen molar-refractivity contribution < 1.29 is 14.7 Å². The van der Waals surface area contributed by atoms with E-state index >= 15 is 0 Å². The fraction of sp³-hybridized carbons (Fsp3) is 0.733. The molecule has 0 spiro atoms. The third kappa shape index (κ3) is 4.55. The summed E-state index contributed by atoms with van der Waals surface area (Å²) >= 11 is 0. The molecule has 0 radical (unpaired) electrons. The van der Waals surface area contributed by atoms with Crippen LogP contribution >= 0.6 is 0 Å². The number of nitrogens with one attached hydrogen (secondary N) is 1. The highest BCUT2D eigenvalue weighted by Crippen LogP contribution is 2.37. The van der Waals surface area contributed by atoms with Crippen molar-refractivity contribution in [3.05, 3.63) is 0 Å². The molecular weight excluding hydrogens is 270 g/mol. The van der Waals surface area contributed by atoms with Crippen LogP contribution in [-0.4, -0.2) is 28.7 Å². The number of nitrogens with zero attached hydrogens (tertiary/aromatic N) is 2. The van der Waals surface area contributed by atoms with Crippen LogP contribution in [0.5, 0.6) is 0 Å². The molecule has 1 heterocycles. The lowest BCUT2D eigenvalue weighted by Gasteiger charge is -2.26. The lowest BCUT2D eigenvalue weighted by Crippen LogP contribution is -2.39. The zero-order chi connectivity index (χ0) is 15.3. The number of carboxylic acids is 1. The quantitative estimate of drug-likeness (QED) is 0.704. The van der Waals surface area contributed by atoms with Gasteiger partial charge in [-0.2, -0.15) is 10.2 Å². The predicted molar refractivity (Wildman–Crippen MR) is 76.4 cm³/mol. The summed E-state index contributed by atoms with van der Waals surface area (Å²) in [6.07, 6.45) is 10.3. The Kier molecular flexibility index (Phi) is 4.94. The van der Waals surface area contributed by atoms with E-state index < -0.39 is 11.6 Å². The van der Waals surface area contributed by atoms with Gasteiger partial charge in [-0.25, -0.2) is 0 Å². The van der Waals surface area contributed by atoms with Crippen molar-refractivity contribution in [1.29, 1.82) is 0 Å². The molecule has 6 nitrogen and oxygen atoms in total. The van der Waals surface area contributed by atoms with Crippen molar-refractivity contribution in [2.45, 2.75) is 63.1 Å². The van der Waals surface area contributed by atoms with Gasteiger partial charge in [0, 0.05) is 31.7 Å². The van der Waals surface area contributed by atoms with Crippen LogP contribution in [0.2, 0.25) is 0 Å². The summed E-state index contributed by atoms with van der Waals surface area (Å²) in [5.41, 5.74) is -0.412. The van der Waals surface area contributed by atoms with Crippen LogP contribution in [0.15, 0.2) is 10.2 Å². The number of amides is 1. The van der Waals surface area contributed by atoms with Gasteiger partial charge in [-0.05, 0) is 25.7 Å². The molecule has 1 aliphatic carbocycles. The number of rotatable bonds is 7. The molecule has 0 saturated heterocycles. The smallest absolute Gasteiger partial charge is 0.306 e. The molecule has 1 saturated carbocycles. The fourth-order valence-electron chi connectivity index (χ4n) is 2.77. The first-order chi connectivity index (χ1) is 10.0. The molecule has 0 atom stereocenters. The molecule has 0 aromatic rings. The topological polar surface area (TPSA) is 91.1 Å². The van der Waals surface area contributed by atoms with Gasteiger partial charge in [0.15, 0.2) is 5.66 Å². The van der Waals surface area contributed by atoms with Gasteiger partial charge in [-0.3, -0.25) is 9.59 Å². The molecule has 1 aliphatic heterocycles. The van der Waals surface area contributed by atoms with E-state index in [0.717, 1.165) is 12.8 Å². The maximum Gasteiger partial charge on any atom is 0.306 e. The fourth-order valence-corrected chi connectivity index (χ4v) is 2.77. The SMILES string of the molecule is C#CCCC1(CCC(=O)NC2CCC(C(=O)O)CC2)N=N1. The van der Waals surface area contributed by atoms with E-state index in [1.54, 1.807) is 0 Å². The number of hydrogen-bond acceptors (Lipinski definition) is 4. The van der Waals surface area contributed by atoms with Crippen molar-refractivity contribution in [2.75, 3.05) is 0 Å². The first kappa shape index (κ1) is 15.5. The normalized spacial score (nSPS) is 25.9. The molecule has 21 heavy (non-hydrogen) atoms. The number of carbonyl (C=O) groups excluding carboxylic acids is 1. The van der Waals surface area contributed by atoms with E-state index in [4.69, 9.17) is 11.5 Å². The summed E-state index contributed by atoms with van der Waals surface area (Å²) in [5, 5.41) is 19.9. The van der Waals surface area contributed by atoms with Crippen LogP contribution in [0.1, 0.15) is 51.4 Å². The third-order valence-corrected chi connectivity index (χ3v) is 4.25. The molecule has 1 fully saturated rings. The molecule has 6 heteroatoms. The monoisotopic (exact) mass is 291 g/mol. The average molecular weight is 291 g/mol.